The molecule has 2 heterocycles. The molecule has 1 saturated heterocycles. The van der Waals surface area contributed by atoms with Crippen LogP contribution in [0, 0.1) is 5.41 Å². The summed E-state index contributed by atoms with van der Waals surface area (Å²) in [5.74, 6) is 0.273. The Morgan fingerprint density at radius 2 is 2.22 bits per heavy atom. The lowest BCUT2D eigenvalue weighted by atomic mass is 10.2. The first kappa shape index (κ1) is 13.1. The minimum atomic E-state index is -0.0770. The van der Waals surface area contributed by atoms with Crippen LogP contribution in [-0.4, -0.2) is 42.0 Å². The van der Waals surface area contributed by atoms with E-state index in [1.165, 1.54) is 12.8 Å². The molecule has 0 aromatic carbocycles. The van der Waals surface area contributed by atoms with Gasteiger partial charge in [-0.3, -0.25) is 10.3 Å². The lowest BCUT2D eigenvalue weighted by Crippen LogP contribution is -2.25. The van der Waals surface area contributed by atoms with E-state index >= 15 is 0 Å². The quantitative estimate of drug-likeness (QED) is 0.627. The van der Waals surface area contributed by atoms with Crippen LogP contribution in [0.15, 0.2) is 12.3 Å². The molecule has 0 aliphatic carbocycles. The Bertz CT molecular complexity index is 432. The largest absolute Gasteiger partial charge is 0.475 e. The molecule has 0 spiro atoms. The predicted molar refractivity (Wildman–Crippen MR) is 71.4 cm³/mol. The van der Waals surface area contributed by atoms with Crippen LogP contribution in [0.1, 0.15) is 18.4 Å². The van der Waals surface area contributed by atoms with Gasteiger partial charge in [-0.25, -0.2) is 4.98 Å². The van der Waals surface area contributed by atoms with Gasteiger partial charge in [0.05, 0.1) is 0 Å². The topological polar surface area (TPSA) is 75.2 Å². The van der Waals surface area contributed by atoms with Gasteiger partial charge in [-0.05, 0) is 32.0 Å². The van der Waals surface area contributed by atoms with Gasteiger partial charge in [0.2, 0.25) is 5.88 Å². The van der Waals surface area contributed by atoms with Gasteiger partial charge in [0.15, 0.2) is 0 Å². The molecule has 5 nitrogen and oxygen atoms in total. The van der Waals surface area contributed by atoms with E-state index in [0.717, 1.165) is 19.6 Å². The van der Waals surface area contributed by atoms with E-state index in [-0.39, 0.29) is 5.84 Å². The second-order valence-corrected chi connectivity index (χ2v) is 4.67. The van der Waals surface area contributed by atoms with E-state index in [9.17, 15) is 0 Å². The van der Waals surface area contributed by atoms with Crippen LogP contribution >= 0.6 is 11.6 Å². The molecule has 0 saturated carbocycles. The molecule has 98 valence electrons. The third-order valence-electron chi connectivity index (χ3n) is 2.99. The molecule has 1 aromatic rings. The Morgan fingerprint density at radius 1 is 1.50 bits per heavy atom. The molecule has 0 radical (unpaired) electrons. The molecular formula is C12H17ClN4O. The average molecular weight is 269 g/mol. The molecule has 1 aliphatic heterocycles. The molecular weight excluding hydrogens is 252 g/mol. The first-order chi connectivity index (χ1) is 8.68. The zero-order valence-corrected chi connectivity index (χ0v) is 10.9. The second kappa shape index (κ2) is 6.02. The maximum Gasteiger partial charge on any atom is 0.233 e. The van der Waals surface area contributed by atoms with Crippen molar-refractivity contribution in [1.29, 1.82) is 5.41 Å². The minimum absolute atomic E-state index is 0.0770. The average Bonchev–Trinajstić information content (AvgIpc) is 2.84. The van der Waals surface area contributed by atoms with E-state index in [0.29, 0.717) is 23.1 Å². The zero-order valence-electron chi connectivity index (χ0n) is 10.2. The fourth-order valence-corrected chi connectivity index (χ4v) is 2.28. The van der Waals surface area contributed by atoms with Crippen molar-refractivity contribution in [2.75, 3.05) is 26.2 Å². The number of ether oxygens (including phenoxy) is 1. The number of amidine groups is 1. The number of rotatable bonds is 5. The van der Waals surface area contributed by atoms with Crippen LogP contribution in [0.3, 0.4) is 0 Å². The van der Waals surface area contributed by atoms with Crippen molar-refractivity contribution in [3.63, 3.8) is 0 Å². The number of hydrogen-bond donors (Lipinski definition) is 2. The summed E-state index contributed by atoms with van der Waals surface area (Å²) in [7, 11) is 0. The van der Waals surface area contributed by atoms with Gasteiger partial charge in [0.1, 0.15) is 17.5 Å². The van der Waals surface area contributed by atoms with Crippen molar-refractivity contribution >= 4 is 17.4 Å². The first-order valence-corrected chi connectivity index (χ1v) is 6.40. The van der Waals surface area contributed by atoms with Gasteiger partial charge in [-0.1, -0.05) is 11.6 Å². The standard InChI is InChI=1S/C12H17ClN4O/c13-10-9(11(14)15)3-4-16-12(10)18-8-7-17-5-1-2-6-17/h3-4H,1-2,5-8H2,(H3,14,15). The van der Waals surface area contributed by atoms with Gasteiger partial charge in [-0.2, -0.15) is 0 Å². The fraction of sp³-hybridized carbons (Fsp3) is 0.500. The number of nitrogens with two attached hydrogens (primary N) is 1. The van der Waals surface area contributed by atoms with Gasteiger partial charge in [0, 0.05) is 18.3 Å². The van der Waals surface area contributed by atoms with Crippen LogP contribution in [0.25, 0.3) is 0 Å². The maximum absolute atomic E-state index is 7.39. The highest BCUT2D eigenvalue weighted by Gasteiger charge is 2.13. The van der Waals surface area contributed by atoms with Gasteiger partial charge >= 0.3 is 0 Å². The Balaban J connectivity index is 1.92. The van der Waals surface area contributed by atoms with Gasteiger partial charge in [0.25, 0.3) is 0 Å². The minimum Gasteiger partial charge on any atom is -0.475 e. The smallest absolute Gasteiger partial charge is 0.233 e. The summed E-state index contributed by atoms with van der Waals surface area (Å²) in [5, 5.41) is 7.70. The summed E-state index contributed by atoms with van der Waals surface area (Å²) in [6.07, 6.45) is 4.07. The lowest BCUT2D eigenvalue weighted by molar-refractivity contribution is 0.232. The number of aromatic nitrogens is 1. The summed E-state index contributed by atoms with van der Waals surface area (Å²) in [6, 6.07) is 1.61. The molecule has 6 heteroatoms. The Labute approximate surface area is 111 Å². The summed E-state index contributed by atoms with van der Waals surface area (Å²) in [4.78, 5) is 6.41. The van der Waals surface area contributed by atoms with Crippen molar-refractivity contribution < 1.29 is 4.74 Å². The van der Waals surface area contributed by atoms with Crippen LogP contribution in [0.5, 0.6) is 5.88 Å². The van der Waals surface area contributed by atoms with Crippen molar-refractivity contribution in [2.24, 2.45) is 5.73 Å². The predicted octanol–water partition coefficient (Wildman–Crippen LogP) is 1.49. The summed E-state index contributed by atoms with van der Waals surface area (Å²) < 4.78 is 5.55. The third-order valence-corrected chi connectivity index (χ3v) is 3.36. The van der Waals surface area contributed by atoms with Crippen LogP contribution in [-0.2, 0) is 0 Å². The molecule has 0 bridgehead atoms. The van der Waals surface area contributed by atoms with Gasteiger partial charge in [-0.15, -0.1) is 0 Å². The number of likely N-dealkylation sites (tertiary alicyclic amines) is 1. The van der Waals surface area contributed by atoms with Crippen molar-refractivity contribution in [3.05, 3.63) is 22.8 Å². The number of nitrogens with zero attached hydrogens (tertiary/aromatic N) is 2. The van der Waals surface area contributed by atoms with Crippen molar-refractivity contribution in [1.82, 2.24) is 9.88 Å². The monoisotopic (exact) mass is 268 g/mol. The van der Waals surface area contributed by atoms with E-state index in [2.05, 4.69) is 9.88 Å². The van der Waals surface area contributed by atoms with Gasteiger partial charge < -0.3 is 10.5 Å². The maximum atomic E-state index is 7.39. The fourth-order valence-electron chi connectivity index (χ4n) is 2.01. The van der Waals surface area contributed by atoms with Crippen LogP contribution in [0.2, 0.25) is 5.02 Å². The number of halogens is 1. The summed E-state index contributed by atoms with van der Waals surface area (Å²) >= 11 is 6.08. The third kappa shape index (κ3) is 3.11. The molecule has 2 rings (SSSR count). The Kier molecular flexibility index (Phi) is 4.38. The molecule has 18 heavy (non-hydrogen) atoms. The van der Waals surface area contributed by atoms with E-state index in [1.807, 2.05) is 0 Å². The highest BCUT2D eigenvalue weighted by molar-refractivity contribution is 6.35. The second-order valence-electron chi connectivity index (χ2n) is 4.29. The first-order valence-electron chi connectivity index (χ1n) is 6.02. The number of hydrogen-bond acceptors (Lipinski definition) is 4. The number of pyridine rings is 1. The van der Waals surface area contributed by atoms with E-state index < -0.39 is 0 Å². The zero-order chi connectivity index (χ0) is 13.0. The Morgan fingerprint density at radius 3 is 2.89 bits per heavy atom. The highest BCUT2D eigenvalue weighted by Crippen LogP contribution is 2.25. The van der Waals surface area contributed by atoms with Crippen molar-refractivity contribution in [2.45, 2.75) is 12.8 Å². The molecule has 1 fully saturated rings. The highest BCUT2D eigenvalue weighted by atomic mass is 35.5. The van der Waals surface area contributed by atoms with E-state index in [1.54, 1.807) is 12.3 Å². The lowest BCUT2D eigenvalue weighted by Gasteiger charge is -2.15. The van der Waals surface area contributed by atoms with Crippen molar-refractivity contribution in [3.8, 4) is 5.88 Å². The summed E-state index contributed by atoms with van der Waals surface area (Å²) in [5.41, 5.74) is 5.88. The molecule has 1 aliphatic rings. The van der Waals surface area contributed by atoms with Crippen LogP contribution < -0.4 is 10.5 Å². The molecule has 3 N–H and O–H groups in total. The van der Waals surface area contributed by atoms with Crippen LogP contribution in [0.4, 0.5) is 0 Å². The number of nitrogens with one attached hydrogen (secondary N) is 1. The molecule has 0 atom stereocenters. The molecule has 1 aromatic heterocycles. The molecule has 0 amide bonds. The summed E-state index contributed by atoms with van der Waals surface area (Å²) in [6.45, 7) is 3.70. The van der Waals surface area contributed by atoms with E-state index in [4.69, 9.17) is 27.5 Å². The number of nitrogen functional groups attached to an aromatic ring is 1. The Hall–Kier alpha value is -1.33. The molecule has 0 unspecified atom stereocenters. The SMILES string of the molecule is N=C(N)c1ccnc(OCCN2CCCC2)c1Cl. The normalized spacial score (nSPS) is 15.8.